The largest absolute Gasteiger partial charge is 0.573 e. The summed E-state index contributed by atoms with van der Waals surface area (Å²) in [6.45, 7) is -0.0955. The molecule has 1 aromatic heterocycles. The van der Waals surface area contributed by atoms with Gasteiger partial charge in [-0.1, -0.05) is 18.2 Å². The SMILES string of the molecule is COC(=O)c1cccc(N2C3CC[C@H]2CC(OC/C(C(=N)c2ccccc2OC(F)(F)F)=C(/O)C2CC2)C3)n1. The minimum absolute atomic E-state index is 0.00829. The third-order valence-electron chi connectivity index (χ3n) is 7.50. The lowest BCUT2D eigenvalue weighted by Crippen LogP contribution is -2.46. The molecule has 0 amide bonds. The molecule has 208 valence electrons. The Kier molecular flexibility index (Phi) is 7.53. The second-order valence-corrected chi connectivity index (χ2v) is 10.1. The van der Waals surface area contributed by atoms with Crippen molar-refractivity contribution in [2.45, 2.75) is 63.1 Å². The number of piperidine rings is 1. The first kappa shape index (κ1) is 27.0. The van der Waals surface area contributed by atoms with Crippen molar-refractivity contribution in [3.63, 3.8) is 0 Å². The molecule has 2 saturated heterocycles. The van der Waals surface area contributed by atoms with E-state index in [9.17, 15) is 23.1 Å². The number of aliphatic hydroxyl groups is 1. The van der Waals surface area contributed by atoms with Crippen molar-refractivity contribution in [2.24, 2.45) is 5.92 Å². The van der Waals surface area contributed by atoms with Gasteiger partial charge in [0, 0.05) is 29.1 Å². The van der Waals surface area contributed by atoms with E-state index < -0.39 is 18.1 Å². The number of aliphatic hydroxyl groups excluding tert-OH is 1. The van der Waals surface area contributed by atoms with Gasteiger partial charge in [0.25, 0.3) is 0 Å². The van der Waals surface area contributed by atoms with Gasteiger partial charge < -0.3 is 24.2 Å². The minimum Gasteiger partial charge on any atom is -0.512 e. The fourth-order valence-electron chi connectivity index (χ4n) is 5.55. The Labute approximate surface area is 223 Å². The molecule has 3 atom stereocenters. The Bertz CT molecular complexity index is 1260. The van der Waals surface area contributed by atoms with Crippen LogP contribution in [0.3, 0.4) is 0 Å². The summed E-state index contributed by atoms with van der Waals surface area (Å²) in [6.07, 6.45) is -0.344. The van der Waals surface area contributed by atoms with E-state index >= 15 is 0 Å². The summed E-state index contributed by atoms with van der Waals surface area (Å²) in [7, 11) is 1.31. The summed E-state index contributed by atoms with van der Waals surface area (Å²) in [4.78, 5) is 18.7. The number of carbonyl (C=O) groups is 1. The highest BCUT2D eigenvalue weighted by Gasteiger charge is 2.42. The fraction of sp³-hybridized carbons (Fsp3) is 0.464. The molecule has 5 rings (SSSR count). The summed E-state index contributed by atoms with van der Waals surface area (Å²) < 4.78 is 54.1. The predicted octanol–water partition coefficient (Wildman–Crippen LogP) is 5.57. The number of benzene rings is 1. The number of nitrogens with one attached hydrogen (secondary N) is 1. The summed E-state index contributed by atoms with van der Waals surface area (Å²) in [5.74, 6) is -0.415. The zero-order valence-corrected chi connectivity index (χ0v) is 21.4. The number of esters is 1. The van der Waals surface area contributed by atoms with Crippen molar-refractivity contribution >= 4 is 17.5 Å². The van der Waals surface area contributed by atoms with Crippen molar-refractivity contribution < 1.29 is 37.3 Å². The fourth-order valence-corrected chi connectivity index (χ4v) is 5.55. The van der Waals surface area contributed by atoms with E-state index in [1.807, 2.05) is 6.07 Å². The second-order valence-electron chi connectivity index (χ2n) is 10.1. The van der Waals surface area contributed by atoms with Crippen molar-refractivity contribution in [2.75, 3.05) is 18.6 Å². The molecule has 3 fully saturated rings. The number of hydrogen-bond donors (Lipinski definition) is 2. The molecular weight excluding hydrogens is 515 g/mol. The van der Waals surface area contributed by atoms with Crippen LogP contribution in [0.1, 0.15) is 54.6 Å². The van der Waals surface area contributed by atoms with Gasteiger partial charge in [-0.15, -0.1) is 13.2 Å². The minimum atomic E-state index is -4.91. The number of allylic oxidation sites excluding steroid dienone is 1. The molecular formula is C28H30F3N3O5. The molecule has 2 unspecified atom stereocenters. The van der Waals surface area contributed by atoms with Crippen LogP contribution in [0.2, 0.25) is 0 Å². The molecule has 2 bridgehead atoms. The number of fused-ring (bicyclic) bond motifs is 2. The van der Waals surface area contributed by atoms with Crippen molar-refractivity contribution in [1.82, 2.24) is 4.98 Å². The first-order valence-corrected chi connectivity index (χ1v) is 13.0. The maximum Gasteiger partial charge on any atom is 0.573 e. The van der Waals surface area contributed by atoms with Crippen LogP contribution < -0.4 is 9.64 Å². The lowest BCUT2D eigenvalue weighted by Gasteiger charge is -2.39. The van der Waals surface area contributed by atoms with E-state index in [0.717, 1.165) is 31.7 Å². The average molecular weight is 546 g/mol. The van der Waals surface area contributed by atoms with Crippen LogP contribution in [-0.4, -0.2) is 60.0 Å². The molecule has 2 aliphatic heterocycles. The third kappa shape index (κ3) is 6.03. The lowest BCUT2D eigenvalue weighted by atomic mass is 9.98. The summed E-state index contributed by atoms with van der Waals surface area (Å²) >= 11 is 0. The number of alkyl halides is 3. The molecule has 0 radical (unpaired) electrons. The number of pyridine rings is 1. The van der Waals surface area contributed by atoms with E-state index in [1.165, 1.54) is 25.3 Å². The highest BCUT2D eigenvalue weighted by atomic mass is 19.4. The number of rotatable bonds is 9. The average Bonchev–Trinajstić information content (AvgIpc) is 3.72. The molecule has 0 spiro atoms. The van der Waals surface area contributed by atoms with E-state index in [4.69, 9.17) is 14.9 Å². The van der Waals surface area contributed by atoms with Crippen molar-refractivity contribution in [1.29, 1.82) is 5.41 Å². The zero-order chi connectivity index (χ0) is 27.7. The van der Waals surface area contributed by atoms with Crippen LogP contribution in [0.25, 0.3) is 0 Å². The Morgan fingerprint density at radius 3 is 2.41 bits per heavy atom. The standard InChI is InChI=1S/C28H30F3N3O5/c1-37-27(36)22-6-4-8-24(33-22)34-17-11-12-18(34)14-19(13-17)38-15-21(26(35)16-9-10-16)25(32)20-5-2-3-7-23(20)39-28(29,30)31/h2-8,16-19,32,35H,9-15H2,1H3/b26-21-,32-25?/t17-,18?,19?/m0/s1. The number of nitrogens with zero attached hydrogens (tertiary/aromatic N) is 2. The first-order chi connectivity index (χ1) is 18.6. The quantitative estimate of drug-likeness (QED) is 0.241. The smallest absolute Gasteiger partial charge is 0.512 e. The third-order valence-corrected chi connectivity index (χ3v) is 7.50. The van der Waals surface area contributed by atoms with Gasteiger partial charge in [0.15, 0.2) is 5.69 Å². The van der Waals surface area contributed by atoms with Crippen LogP contribution in [-0.2, 0) is 9.47 Å². The molecule has 2 aromatic rings. The van der Waals surface area contributed by atoms with E-state index in [0.29, 0.717) is 18.7 Å². The number of hydrogen-bond acceptors (Lipinski definition) is 8. The maximum absolute atomic E-state index is 13.0. The van der Waals surface area contributed by atoms with E-state index in [2.05, 4.69) is 14.6 Å². The topological polar surface area (TPSA) is 105 Å². The second kappa shape index (κ2) is 10.9. The highest BCUT2D eigenvalue weighted by molar-refractivity contribution is 6.12. The van der Waals surface area contributed by atoms with Gasteiger partial charge >= 0.3 is 12.3 Å². The number of halogens is 3. The van der Waals surface area contributed by atoms with Crippen molar-refractivity contribution in [3.8, 4) is 5.75 Å². The lowest BCUT2D eigenvalue weighted by molar-refractivity contribution is -0.274. The first-order valence-electron chi connectivity index (χ1n) is 13.0. The predicted molar refractivity (Wildman–Crippen MR) is 136 cm³/mol. The van der Waals surface area contributed by atoms with Crippen molar-refractivity contribution in [3.05, 3.63) is 65.1 Å². The molecule has 1 aromatic carbocycles. The van der Waals surface area contributed by atoms with Crippen LogP contribution in [0.15, 0.2) is 53.8 Å². The van der Waals surface area contributed by atoms with Gasteiger partial charge in [-0.05, 0) is 62.8 Å². The molecule has 3 aliphatic rings. The maximum atomic E-state index is 13.0. The number of methoxy groups -OCH3 is 1. The van der Waals surface area contributed by atoms with E-state index in [1.54, 1.807) is 12.1 Å². The van der Waals surface area contributed by atoms with Gasteiger partial charge in [0.05, 0.1) is 25.5 Å². The van der Waals surface area contributed by atoms with Gasteiger partial charge in [-0.25, -0.2) is 9.78 Å². The Hall–Kier alpha value is -3.60. The van der Waals surface area contributed by atoms with Gasteiger partial charge in [-0.3, -0.25) is 5.41 Å². The van der Waals surface area contributed by atoms with Gasteiger partial charge in [0.2, 0.25) is 0 Å². The summed E-state index contributed by atoms with van der Waals surface area (Å²) in [6, 6.07) is 11.0. The number of aromatic nitrogens is 1. The number of para-hydroxylation sites is 1. The number of ether oxygens (including phenoxy) is 3. The van der Waals surface area contributed by atoms with Crippen LogP contribution in [0.5, 0.6) is 5.75 Å². The van der Waals surface area contributed by atoms with Gasteiger partial charge in [0.1, 0.15) is 17.3 Å². The Morgan fingerprint density at radius 2 is 1.77 bits per heavy atom. The summed E-state index contributed by atoms with van der Waals surface area (Å²) in [5, 5.41) is 19.6. The Morgan fingerprint density at radius 1 is 1.08 bits per heavy atom. The molecule has 8 nitrogen and oxygen atoms in total. The van der Waals surface area contributed by atoms with Crippen LogP contribution >= 0.6 is 0 Å². The normalized spacial score (nSPS) is 23.3. The molecule has 2 N–H and O–H groups in total. The highest BCUT2D eigenvalue weighted by Crippen LogP contribution is 2.41. The van der Waals surface area contributed by atoms with Crippen LogP contribution in [0, 0.1) is 11.3 Å². The number of carbonyl (C=O) groups excluding carboxylic acids is 1. The molecule has 1 saturated carbocycles. The van der Waals surface area contributed by atoms with Crippen LogP contribution in [0.4, 0.5) is 19.0 Å². The number of anilines is 1. The zero-order valence-electron chi connectivity index (χ0n) is 21.4. The molecule has 1 aliphatic carbocycles. The molecule has 3 heterocycles. The summed E-state index contributed by atoms with van der Waals surface area (Å²) in [5.41, 5.74) is 0.111. The molecule has 39 heavy (non-hydrogen) atoms. The Balaban J connectivity index is 1.30. The van der Waals surface area contributed by atoms with Gasteiger partial charge in [-0.2, -0.15) is 0 Å². The monoisotopic (exact) mass is 545 g/mol. The molecule has 11 heteroatoms. The van der Waals surface area contributed by atoms with E-state index in [-0.39, 0.29) is 59.0 Å².